The van der Waals surface area contributed by atoms with Crippen LogP contribution in [0, 0.1) is 0 Å². The van der Waals surface area contributed by atoms with E-state index < -0.39 is 5.41 Å². The van der Waals surface area contributed by atoms with Crippen LogP contribution >= 0.6 is 0 Å². The summed E-state index contributed by atoms with van der Waals surface area (Å²) in [6.07, 6.45) is 0. The maximum absolute atomic E-state index is 2.52. The maximum Gasteiger partial charge on any atom is 0.0754 e. The van der Waals surface area contributed by atoms with E-state index in [9.17, 15) is 0 Å². The van der Waals surface area contributed by atoms with Crippen molar-refractivity contribution < 1.29 is 0 Å². The molecule has 0 amide bonds. The van der Waals surface area contributed by atoms with Gasteiger partial charge >= 0.3 is 0 Å². The quantitative estimate of drug-likeness (QED) is 0.161. The first-order chi connectivity index (χ1) is 35.5. The van der Waals surface area contributed by atoms with Crippen LogP contribution in [0.1, 0.15) is 47.2 Å². The topological polar surface area (TPSA) is 8.17 Å². The summed E-state index contributed by atoms with van der Waals surface area (Å²) in [6, 6.07) is 95.3. The Hall–Kier alpha value is -8.98. The molecule has 3 aliphatic rings. The predicted molar refractivity (Wildman–Crippen MR) is 300 cm³/mol. The van der Waals surface area contributed by atoms with Crippen LogP contribution < -0.4 is 4.90 Å². The molecule has 0 radical (unpaired) electrons. The minimum Gasteiger partial charge on any atom is -0.310 e. The number of aromatic nitrogens is 1. The van der Waals surface area contributed by atoms with E-state index in [0.717, 1.165) is 17.1 Å². The lowest BCUT2D eigenvalue weighted by Gasteiger charge is -2.39. The molecule has 1 aromatic heterocycles. The molecular formula is C70H48N2. The Morgan fingerprint density at radius 2 is 0.861 bits per heavy atom. The summed E-state index contributed by atoms with van der Waals surface area (Å²) in [6.45, 7) is 4.74. The fourth-order valence-electron chi connectivity index (χ4n) is 13.2. The van der Waals surface area contributed by atoms with Crippen LogP contribution in [0.4, 0.5) is 17.1 Å². The fraction of sp³-hybridized carbons (Fsp3) is 0.0571. The van der Waals surface area contributed by atoms with E-state index in [1.54, 1.807) is 0 Å². The second kappa shape index (κ2) is 15.3. The number of benzene rings is 11. The first kappa shape index (κ1) is 40.9. The smallest absolute Gasteiger partial charge is 0.0754 e. The van der Waals surface area contributed by atoms with Gasteiger partial charge in [0.25, 0.3) is 0 Å². The Bertz CT molecular complexity index is 4190. The highest BCUT2D eigenvalue weighted by Gasteiger charge is 2.51. The average molecular weight is 917 g/mol. The molecule has 0 N–H and O–H groups in total. The van der Waals surface area contributed by atoms with Crippen molar-refractivity contribution in [3.63, 3.8) is 0 Å². The number of rotatable bonds is 6. The molecule has 72 heavy (non-hydrogen) atoms. The molecule has 12 aromatic rings. The van der Waals surface area contributed by atoms with Gasteiger partial charge in [-0.25, -0.2) is 0 Å². The second-order valence-corrected chi connectivity index (χ2v) is 20.4. The van der Waals surface area contributed by atoms with Gasteiger partial charge < -0.3 is 9.47 Å². The third-order valence-corrected chi connectivity index (χ3v) is 16.4. The van der Waals surface area contributed by atoms with Crippen molar-refractivity contribution in [1.82, 2.24) is 4.57 Å². The second-order valence-electron chi connectivity index (χ2n) is 20.4. The monoisotopic (exact) mass is 916 g/mol. The highest BCUT2D eigenvalue weighted by molar-refractivity contribution is 6.13. The summed E-state index contributed by atoms with van der Waals surface area (Å²) in [4.78, 5) is 2.47. The molecule has 0 fully saturated rings. The Labute approximate surface area is 420 Å². The van der Waals surface area contributed by atoms with Gasteiger partial charge in [-0.05, 0) is 138 Å². The SMILES string of the molecule is CC1(C)c2ccccc2-c2ccc(N(c3ccc(-c4ccc5c(c4)C4(c6ccccc6-5)c5ccccc5-n5c6ccccc6c6cccc4c65)cc3)c3ccccc3-c3cccc(-c4ccccc4)c3)cc21. The molecule has 1 aliphatic heterocycles. The van der Waals surface area contributed by atoms with Crippen molar-refractivity contribution in [2.45, 2.75) is 24.7 Å². The molecule has 1 unspecified atom stereocenters. The van der Waals surface area contributed by atoms with Gasteiger partial charge in [0.2, 0.25) is 0 Å². The molecule has 2 aliphatic carbocycles. The highest BCUT2D eigenvalue weighted by atomic mass is 15.1. The van der Waals surface area contributed by atoms with Crippen molar-refractivity contribution in [3.8, 4) is 61.3 Å². The normalized spacial score (nSPS) is 15.2. The lowest BCUT2D eigenvalue weighted by Crippen LogP contribution is -2.33. The highest BCUT2D eigenvalue weighted by Crippen LogP contribution is 2.61. The van der Waals surface area contributed by atoms with Crippen molar-refractivity contribution in [2.24, 2.45) is 0 Å². The van der Waals surface area contributed by atoms with E-state index in [1.807, 2.05) is 0 Å². The molecule has 11 aromatic carbocycles. The van der Waals surface area contributed by atoms with E-state index in [2.05, 4.69) is 278 Å². The lowest BCUT2D eigenvalue weighted by atomic mass is 9.65. The number of fused-ring (bicyclic) bond motifs is 15. The molecule has 1 atom stereocenters. The van der Waals surface area contributed by atoms with E-state index >= 15 is 0 Å². The van der Waals surface area contributed by atoms with Crippen LogP contribution in [0.3, 0.4) is 0 Å². The minimum atomic E-state index is -0.512. The van der Waals surface area contributed by atoms with E-state index in [1.165, 1.54) is 117 Å². The lowest BCUT2D eigenvalue weighted by molar-refractivity contribution is 0.660. The third kappa shape index (κ3) is 5.61. The van der Waals surface area contributed by atoms with Crippen molar-refractivity contribution in [2.75, 3.05) is 4.90 Å². The van der Waals surface area contributed by atoms with E-state index in [-0.39, 0.29) is 5.41 Å². The summed E-state index contributed by atoms with van der Waals surface area (Å²) in [7, 11) is 0. The Balaban J connectivity index is 0.902. The van der Waals surface area contributed by atoms with Gasteiger partial charge in [-0.2, -0.15) is 0 Å². The molecule has 0 saturated heterocycles. The third-order valence-electron chi connectivity index (χ3n) is 16.4. The first-order valence-electron chi connectivity index (χ1n) is 25.3. The van der Waals surface area contributed by atoms with Crippen molar-refractivity contribution in [1.29, 1.82) is 0 Å². The molecule has 15 rings (SSSR count). The molecule has 2 heteroatoms. The number of nitrogens with zero attached hydrogens (tertiary/aromatic N) is 2. The zero-order valence-electron chi connectivity index (χ0n) is 40.1. The Kier molecular flexibility index (Phi) is 8.66. The number of para-hydroxylation sites is 4. The van der Waals surface area contributed by atoms with Gasteiger partial charge in [0.1, 0.15) is 0 Å². The summed E-state index contributed by atoms with van der Waals surface area (Å²) in [5.41, 5.74) is 26.9. The van der Waals surface area contributed by atoms with Gasteiger partial charge in [-0.3, -0.25) is 0 Å². The van der Waals surface area contributed by atoms with Crippen LogP contribution in [-0.2, 0) is 10.8 Å². The number of anilines is 3. The largest absolute Gasteiger partial charge is 0.310 e. The van der Waals surface area contributed by atoms with Crippen LogP contribution in [0.2, 0.25) is 0 Å². The Morgan fingerprint density at radius 3 is 1.71 bits per heavy atom. The average Bonchev–Trinajstić information content (AvgIpc) is 4.02. The van der Waals surface area contributed by atoms with E-state index in [4.69, 9.17) is 0 Å². The summed E-state index contributed by atoms with van der Waals surface area (Å²) in [5, 5.41) is 2.58. The van der Waals surface area contributed by atoms with Gasteiger partial charge in [0.05, 0.1) is 27.8 Å². The van der Waals surface area contributed by atoms with Gasteiger partial charge in [-0.1, -0.05) is 214 Å². The molecule has 0 bridgehead atoms. The number of hydrogen-bond donors (Lipinski definition) is 0. The molecule has 0 saturated carbocycles. The summed E-state index contributed by atoms with van der Waals surface area (Å²) < 4.78 is 2.52. The zero-order valence-corrected chi connectivity index (χ0v) is 40.1. The maximum atomic E-state index is 2.52. The van der Waals surface area contributed by atoms with Crippen molar-refractivity contribution in [3.05, 3.63) is 288 Å². The fourth-order valence-corrected chi connectivity index (χ4v) is 13.2. The predicted octanol–water partition coefficient (Wildman–Crippen LogP) is 18.2. The molecule has 2 heterocycles. The standard InChI is InChI=1S/C70H48N2/c1-69(2)59-27-10-6-23-53(59)55-41-39-51(44-63(55)69)71(65-31-13-8-22-52(65)49-21-16-20-47(42-49)45-18-4-3-5-19-45)50-37-34-46(35-38-50)48-36-40-56-54-24-7-11-28-60(54)70(64(56)43-48)61-29-12-15-33-67(61)72-66-32-14-9-25-57(66)58-26-17-30-62(70)68(58)72/h3-44H,1-2H3. The molecule has 2 nitrogen and oxygen atoms in total. The van der Waals surface area contributed by atoms with Crippen LogP contribution in [0.5, 0.6) is 0 Å². The van der Waals surface area contributed by atoms with Gasteiger partial charge in [0.15, 0.2) is 0 Å². The van der Waals surface area contributed by atoms with Crippen LogP contribution in [0.25, 0.3) is 83.1 Å². The minimum absolute atomic E-state index is 0.146. The van der Waals surface area contributed by atoms with E-state index in [0.29, 0.717) is 0 Å². The summed E-state index contributed by atoms with van der Waals surface area (Å²) >= 11 is 0. The molecule has 338 valence electrons. The van der Waals surface area contributed by atoms with Crippen LogP contribution in [-0.4, -0.2) is 4.57 Å². The zero-order chi connectivity index (χ0) is 47.7. The first-order valence-corrected chi connectivity index (χ1v) is 25.3. The molecular weight excluding hydrogens is 869 g/mol. The van der Waals surface area contributed by atoms with Gasteiger partial charge in [0, 0.05) is 33.1 Å². The van der Waals surface area contributed by atoms with Crippen molar-refractivity contribution >= 4 is 38.9 Å². The summed E-state index contributed by atoms with van der Waals surface area (Å²) in [5.74, 6) is 0. The number of hydrogen-bond acceptors (Lipinski definition) is 1. The van der Waals surface area contributed by atoms with Crippen LogP contribution in [0.15, 0.2) is 255 Å². The Morgan fingerprint density at radius 1 is 0.319 bits per heavy atom. The van der Waals surface area contributed by atoms with Gasteiger partial charge in [-0.15, -0.1) is 0 Å². The molecule has 1 spiro atoms.